The second-order valence-corrected chi connectivity index (χ2v) is 7.73. The van der Waals surface area contributed by atoms with Gasteiger partial charge in [0.2, 0.25) is 0 Å². The topological polar surface area (TPSA) is 57.5 Å². The first-order valence-electron chi connectivity index (χ1n) is 8.87. The smallest absolute Gasteiger partial charge is 0.321 e. The summed E-state index contributed by atoms with van der Waals surface area (Å²) in [6.45, 7) is 0. The largest absolute Gasteiger partial charge is 0.356 e. The highest BCUT2D eigenvalue weighted by atomic mass is 31.2. The van der Waals surface area contributed by atoms with Gasteiger partial charge in [0, 0.05) is 0 Å². The molecule has 0 aliphatic rings. The van der Waals surface area contributed by atoms with E-state index in [4.69, 9.17) is 0 Å². The van der Waals surface area contributed by atoms with E-state index in [1.807, 2.05) is 42.5 Å². The van der Waals surface area contributed by atoms with Crippen LogP contribution in [-0.4, -0.2) is 9.79 Å². The maximum atomic E-state index is 11.3. The molecule has 0 bridgehead atoms. The zero-order chi connectivity index (χ0) is 19.8. The Morgan fingerprint density at radius 3 is 1.25 bits per heavy atom. The summed E-state index contributed by atoms with van der Waals surface area (Å²) in [4.78, 5) is 18.5. The predicted molar refractivity (Wildman–Crippen MR) is 115 cm³/mol. The lowest BCUT2D eigenvalue weighted by Crippen LogP contribution is -2.07. The molecule has 28 heavy (non-hydrogen) atoms. The van der Waals surface area contributed by atoms with E-state index in [0.717, 1.165) is 5.56 Å². The average molecular weight is 388 g/mol. The molecule has 0 amide bonds. The van der Waals surface area contributed by atoms with Gasteiger partial charge in [0.05, 0.1) is 5.30 Å². The van der Waals surface area contributed by atoms with Crippen LogP contribution in [0.25, 0.3) is 22.3 Å². The van der Waals surface area contributed by atoms with E-state index in [1.54, 1.807) is 18.2 Å². The maximum absolute atomic E-state index is 11.3. The average Bonchev–Trinajstić information content (AvgIpc) is 2.75. The summed E-state index contributed by atoms with van der Waals surface area (Å²) < 4.78 is 11.3. The van der Waals surface area contributed by atoms with Crippen molar-refractivity contribution in [1.82, 2.24) is 0 Å². The zero-order valence-electron chi connectivity index (χ0n) is 15.2. The second-order valence-electron chi connectivity index (χ2n) is 6.16. The molecule has 0 saturated heterocycles. The summed E-state index contributed by atoms with van der Waals surface area (Å²) in [6.07, 6.45) is 0. The van der Waals surface area contributed by atoms with Crippen molar-refractivity contribution in [3.8, 4) is 22.3 Å². The SMILES string of the molecule is O=P(O)(O)c1ccccc1-c1ccccc1.c1ccc(-c2ccccc2)cc1. The Labute approximate surface area is 165 Å². The van der Waals surface area contributed by atoms with Gasteiger partial charge < -0.3 is 9.79 Å². The first-order valence-corrected chi connectivity index (χ1v) is 10.5. The quantitative estimate of drug-likeness (QED) is 0.455. The molecule has 0 aromatic heterocycles. The summed E-state index contributed by atoms with van der Waals surface area (Å²) in [6, 6.07) is 36.5. The Morgan fingerprint density at radius 2 is 0.821 bits per heavy atom. The van der Waals surface area contributed by atoms with Gasteiger partial charge in [-0.25, -0.2) is 0 Å². The highest BCUT2D eigenvalue weighted by Crippen LogP contribution is 2.37. The molecule has 3 nitrogen and oxygen atoms in total. The zero-order valence-corrected chi connectivity index (χ0v) is 16.1. The third-order valence-corrected chi connectivity index (χ3v) is 5.20. The molecule has 4 rings (SSSR count). The van der Waals surface area contributed by atoms with Gasteiger partial charge in [0.25, 0.3) is 0 Å². The monoisotopic (exact) mass is 388 g/mol. The van der Waals surface area contributed by atoms with Gasteiger partial charge in [-0.3, -0.25) is 4.57 Å². The fourth-order valence-electron chi connectivity index (χ4n) is 2.85. The Balaban J connectivity index is 0.000000167. The van der Waals surface area contributed by atoms with Crippen LogP contribution < -0.4 is 5.30 Å². The highest BCUT2D eigenvalue weighted by molar-refractivity contribution is 7.60. The summed E-state index contributed by atoms with van der Waals surface area (Å²) in [5, 5.41) is 0.0706. The van der Waals surface area contributed by atoms with Crippen LogP contribution in [0.2, 0.25) is 0 Å². The number of benzene rings is 4. The summed E-state index contributed by atoms with van der Waals surface area (Å²) in [5.41, 5.74) is 3.94. The lowest BCUT2D eigenvalue weighted by Gasteiger charge is -2.10. The summed E-state index contributed by atoms with van der Waals surface area (Å²) in [5.74, 6) is 0. The Kier molecular flexibility index (Phi) is 6.57. The van der Waals surface area contributed by atoms with Crippen molar-refractivity contribution < 1.29 is 14.4 Å². The van der Waals surface area contributed by atoms with Gasteiger partial charge in [0.15, 0.2) is 0 Å². The van der Waals surface area contributed by atoms with E-state index in [0.29, 0.717) is 5.56 Å². The molecule has 0 saturated carbocycles. The number of hydrogen-bond donors (Lipinski definition) is 2. The molecule has 140 valence electrons. The summed E-state index contributed by atoms with van der Waals surface area (Å²) in [7, 11) is -4.22. The molecule has 0 fully saturated rings. The van der Waals surface area contributed by atoms with E-state index in [9.17, 15) is 14.4 Å². The van der Waals surface area contributed by atoms with Crippen molar-refractivity contribution in [3.63, 3.8) is 0 Å². The van der Waals surface area contributed by atoms with Crippen molar-refractivity contribution >= 4 is 12.9 Å². The maximum Gasteiger partial charge on any atom is 0.356 e. The molecule has 0 radical (unpaired) electrons. The van der Waals surface area contributed by atoms with E-state index < -0.39 is 7.60 Å². The molecule has 2 N–H and O–H groups in total. The normalized spacial score (nSPS) is 10.6. The molecule has 4 heteroatoms. The van der Waals surface area contributed by atoms with Gasteiger partial charge in [0.1, 0.15) is 0 Å². The first-order chi connectivity index (χ1) is 13.6. The summed E-state index contributed by atoms with van der Waals surface area (Å²) >= 11 is 0. The molecule has 4 aromatic rings. The van der Waals surface area contributed by atoms with Gasteiger partial charge in [-0.05, 0) is 28.3 Å². The molecule has 4 aromatic carbocycles. The van der Waals surface area contributed by atoms with Crippen molar-refractivity contribution in [2.45, 2.75) is 0 Å². The van der Waals surface area contributed by atoms with Crippen LogP contribution in [-0.2, 0) is 4.57 Å². The molecule has 0 unspecified atom stereocenters. The molecule has 0 heterocycles. The molecular weight excluding hydrogens is 367 g/mol. The molecule has 0 aliphatic carbocycles. The number of hydrogen-bond acceptors (Lipinski definition) is 1. The third-order valence-electron chi connectivity index (χ3n) is 4.18. The van der Waals surface area contributed by atoms with Gasteiger partial charge >= 0.3 is 7.60 Å². The van der Waals surface area contributed by atoms with Gasteiger partial charge in [-0.2, -0.15) is 0 Å². The Bertz CT molecular complexity index is 1010. The van der Waals surface area contributed by atoms with Crippen LogP contribution in [0.15, 0.2) is 115 Å². The minimum atomic E-state index is -4.22. The van der Waals surface area contributed by atoms with Crippen LogP contribution in [0.1, 0.15) is 0 Å². The van der Waals surface area contributed by atoms with Crippen LogP contribution in [0.4, 0.5) is 0 Å². The second kappa shape index (κ2) is 9.29. The molecule has 0 atom stereocenters. The van der Waals surface area contributed by atoms with Crippen LogP contribution in [0.5, 0.6) is 0 Å². The van der Waals surface area contributed by atoms with Crippen LogP contribution in [0, 0.1) is 0 Å². The Hall–Kier alpha value is -2.97. The molecular formula is C24H21O3P. The minimum Gasteiger partial charge on any atom is -0.321 e. The molecule has 0 aliphatic heterocycles. The standard InChI is InChI=1S/C12H11O3P.C12H10/c13-16(14,15)12-9-5-4-8-11(12)10-6-2-1-3-7-10;1-3-7-11(8-4-1)12-9-5-2-6-10-12/h1-9H,(H2,13,14,15);1-10H. The van der Waals surface area contributed by atoms with Crippen molar-refractivity contribution in [3.05, 3.63) is 115 Å². The van der Waals surface area contributed by atoms with Crippen molar-refractivity contribution in [2.75, 3.05) is 0 Å². The predicted octanol–water partition coefficient (Wildman–Crippen LogP) is 5.51. The van der Waals surface area contributed by atoms with E-state index >= 15 is 0 Å². The van der Waals surface area contributed by atoms with Crippen LogP contribution in [0.3, 0.4) is 0 Å². The fraction of sp³-hybridized carbons (Fsp3) is 0. The highest BCUT2D eigenvalue weighted by Gasteiger charge is 2.21. The van der Waals surface area contributed by atoms with E-state index in [2.05, 4.69) is 48.5 Å². The van der Waals surface area contributed by atoms with E-state index in [-0.39, 0.29) is 5.30 Å². The van der Waals surface area contributed by atoms with Gasteiger partial charge in [-0.1, -0.05) is 109 Å². The molecule has 0 spiro atoms. The first kappa shape index (κ1) is 19.8. The minimum absolute atomic E-state index is 0.0706. The Morgan fingerprint density at radius 1 is 0.464 bits per heavy atom. The number of rotatable bonds is 3. The lowest BCUT2D eigenvalue weighted by molar-refractivity contribution is 0.387. The van der Waals surface area contributed by atoms with Crippen molar-refractivity contribution in [1.29, 1.82) is 0 Å². The van der Waals surface area contributed by atoms with Crippen LogP contribution >= 0.6 is 7.60 Å². The third kappa shape index (κ3) is 5.28. The van der Waals surface area contributed by atoms with Crippen molar-refractivity contribution in [2.24, 2.45) is 0 Å². The van der Waals surface area contributed by atoms with E-state index in [1.165, 1.54) is 17.2 Å². The van der Waals surface area contributed by atoms with Gasteiger partial charge in [-0.15, -0.1) is 0 Å². The lowest BCUT2D eigenvalue weighted by atomic mass is 10.1. The fourth-order valence-corrected chi connectivity index (χ4v) is 3.65.